The smallest absolute Gasteiger partial charge is 0.316 e. The third kappa shape index (κ3) is 3.91. The molecule has 0 spiro atoms. The monoisotopic (exact) mass is 494 g/mol. The van der Waals surface area contributed by atoms with Gasteiger partial charge in [0.15, 0.2) is 0 Å². The molecule has 3 amide bonds. The predicted molar refractivity (Wildman–Crippen MR) is 139 cm³/mol. The van der Waals surface area contributed by atoms with Crippen molar-refractivity contribution in [1.82, 2.24) is 0 Å². The van der Waals surface area contributed by atoms with Gasteiger partial charge in [-0.1, -0.05) is 55.5 Å². The molecule has 0 radical (unpaired) electrons. The lowest BCUT2D eigenvalue weighted by atomic mass is 9.78. The molecule has 2 heterocycles. The number of amides is 3. The van der Waals surface area contributed by atoms with Gasteiger partial charge in [0.25, 0.3) is 0 Å². The molecule has 37 heavy (non-hydrogen) atoms. The van der Waals surface area contributed by atoms with E-state index >= 15 is 0 Å². The van der Waals surface area contributed by atoms with Gasteiger partial charge in [0.05, 0.1) is 29.1 Å². The summed E-state index contributed by atoms with van der Waals surface area (Å²) in [7, 11) is 0. The summed E-state index contributed by atoms with van der Waals surface area (Å²) in [6.07, 6.45) is 4.61. The standard InChI is InChI=1S/C30H26N2O5/c1-18-6-4-10-24-27(18)29(35)32(28(24)34)21-12-14-22(15-13-21)37-30(36)20-16-26(33)31(17-20)25-11-5-8-19-7-2-3-9-23(19)25/h2-9,11-15,18,20,24,27H,10,16-17H2,1H3/t18-,20+,24+,27+/m1/s1. The number of benzene rings is 3. The fourth-order valence-corrected chi connectivity index (χ4v) is 5.81. The van der Waals surface area contributed by atoms with Crippen LogP contribution < -0.4 is 14.5 Å². The van der Waals surface area contributed by atoms with Crippen molar-refractivity contribution >= 4 is 45.8 Å². The van der Waals surface area contributed by atoms with Gasteiger partial charge in [0.2, 0.25) is 17.7 Å². The predicted octanol–water partition coefficient (Wildman–Crippen LogP) is 4.50. The van der Waals surface area contributed by atoms with Crippen molar-refractivity contribution in [2.45, 2.75) is 19.8 Å². The number of hydrogen-bond acceptors (Lipinski definition) is 5. The van der Waals surface area contributed by atoms with Gasteiger partial charge in [0, 0.05) is 18.4 Å². The Labute approximate surface area is 214 Å². The van der Waals surface area contributed by atoms with E-state index in [2.05, 4.69) is 0 Å². The Balaban J connectivity index is 1.15. The number of esters is 1. The first-order valence-corrected chi connectivity index (χ1v) is 12.6. The van der Waals surface area contributed by atoms with Crippen LogP contribution >= 0.6 is 0 Å². The van der Waals surface area contributed by atoms with E-state index in [0.717, 1.165) is 16.5 Å². The third-order valence-electron chi connectivity index (χ3n) is 7.70. The minimum absolute atomic E-state index is 0.0167. The Morgan fingerprint density at radius 2 is 1.68 bits per heavy atom. The van der Waals surface area contributed by atoms with Crippen LogP contribution in [0.4, 0.5) is 11.4 Å². The highest BCUT2D eigenvalue weighted by molar-refractivity contribution is 6.22. The molecule has 2 fully saturated rings. The maximum Gasteiger partial charge on any atom is 0.316 e. The summed E-state index contributed by atoms with van der Waals surface area (Å²) >= 11 is 0. The highest BCUT2D eigenvalue weighted by Crippen LogP contribution is 2.40. The van der Waals surface area contributed by atoms with Crippen LogP contribution in [0.3, 0.4) is 0 Å². The molecule has 7 heteroatoms. The van der Waals surface area contributed by atoms with Gasteiger partial charge in [-0.05, 0) is 48.1 Å². The molecule has 0 saturated carbocycles. The SMILES string of the molecule is C[C@@H]1C=CC[C@@H]2C(=O)N(c3ccc(OC(=O)[C@H]4CC(=O)N(c5cccc6ccccc56)C4)cc3)C(=O)[C@@H]12. The second kappa shape index (κ2) is 9.00. The van der Waals surface area contributed by atoms with E-state index < -0.39 is 11.9 Å². The number of hydrogen-bond donors (Lipinski definition) is 0. The molecule has 2 aliphatic heterocycles. The van der Waals surface area contributed by atoms with Gasteiger partial charge in [-0.2, -0.15) is 0 Å². The molecule has 7 nitrogen and oxygen atoms in total. The lowest BCUT2D eigenvalue weighted by Gasteiger charge is -2.22. The molecule has 1 aliphatic carbocycles. The largest absolute Gasteiger partial charge is 0.426 e. The van der Waals surface area contributed by atoms with E-state index in [9.17, 15) is 19.2 Å². The molecule has 3 aromatic rings. The molecular weight excluding hydrogens is 468 g/mol. The van der Waals surface area contributed by atoms with Gasteiger partial charge >= 0.3 is 5.97 Å². The minimum atomic E-state index is -0.593. The van der Waals surface area contributed by atoms with Crippen LogP contribution in [-0.4, -0.2) is 30.2 Å². The summed E-state index contributed by atoms with van der Waals surface area (Å²) < 4.78 is 5.59. The molecule has 0 aromatic heterocycles. The molecule has 3 aromatic carbocycles. The number of carbonyl (C=O) groups is 4. The second-order valence-corrected chi connectivity index (χ2v) is 9.99. The highest BCUT2D eigenvalue weighted by Gasteiger charge is 2.50. The normalized spacial score (nSPS) is 25.2. The van der Waals surface area contributed by atoms with E-state index in [4.69, 9.17) is 4.74 Å². The zero-order chi connectivity index (χ0) is 25.7. The zero-order valence-corrected chi connectivity index (χ0v) is 20.4. The van der Waals surface area contributed by atoms with Crippen molar-refractivity contribution in [2.24, 2.45) is 23.7 Å². The van der Waals surface area contributed by atoms with E-state index in [0.29, 0.717) is 17.9 Å². The summed E-state index contributed by atoms with van der Waals surface area (Å²) in [5.41, 5.74) is 1.25. The van der Waals surface area contributed by atoms with Gasteiger partial charge in [0.1, 0.15) is 5.75 Å². The van der Waals surface area contributed by atoms with Crippen LogP contribution in [0.25, 0.3) is 10.8 Å². The molecule has 0 N–H and O–H groups in total. The zero-order valence-electron chi connectivity index (χ0n) is 20.4. The number of allylic oxidation sites excluding steroid dienone is 2. The Bertz CT molecular complexity index is 1460. The topological polar surface area (TPSA) is 84.0 Å². The number of ether oxygens (including phenoxy) is 1. The first-order chi connectivity index (χ1) is 17.9. The summed E-state index contributed by atoms with van der Waals surface area (Å²) in [6, 6.07) is 20.0. The van der Waals surface area contributed by atoms with E-state index in [-0.39, 0.29) is 48.4 Å². The minimum Gasteiger partial charge on any atom is -0.426 e. The van der Waals surface area contributed by atoms with Crippen molar-refractivity contribution in [3.63, 3.8) is 0 Å². The van der Waals surface area contributed by atoms with Crippen LogP contribution in [-0.2, 0) is 19.2 Å². The maximum absolute atomic E-state index is 13.0. The molecule has 0 unspecified atom stereocenters. The Morgan fingerprint density at radius 3 is 2.46 bits per heavy atom. The van der Waals surface area contributed by atoms with Crippen LogP contribution in [0.2, 0.25) is 0 Å². The van der Waals surface area contributed by atoms with Crippen molar-refractivity contribution in [3.8, 4) is 5.75 Å². The number of rotatable bonds is 4. The van der Waals surface area contributed by atoms with Gasteiger partial charge in [-0.15, -0.1) is 0 Å². The van der Waals surface area contributed by atoms with Crippen LogP contribution in [0.15, 0.2) is 78.9 Å². The lowest BCUT2D eigenvalue weighted by Crippen LogP contribution is -2.31. The number of anilines is 2. The first kappa shape index (κ1) is 23.2. The number of carbonyl (C=O) groups excluding carboxylic acids is 4. The molecule has 3 aliphatic rings. The van der Waals surface area contributed by atoms with E-state index in [1.165, 1.54) is 4.90 Å². The number of nitrogens with zero attached hydrogens (tertiary/aromatic N) is 2. The van der Waals surface area contributed by atoms with Crippen LogP contribution in [0.5, 0.6) is 5.75 Å². The quantitative estimate of drug-likeness (QED) is 0.231. The number of imide groups is 1. The second-order valence-electron chi connectivity index (χ2n) is 9.99. The fraction of sp³-hybridized carbons (Fsp3) is 0.267. The summed E-state index contributed by atoms with van der Waals surface area (Å²) in [5.74, 6) is -1.91. The molecule has 186 valence electrons. The molecule has 0 bridgehead atoms. The Hall–Kier alpha value is -4.26. The average molecular weight is 495 g/mol. The van der Waals surface area contributed by atoms with Crippen LogP contribution in [0, 0.1) is 23.7 Å². The average Bonchev–Trinajstić information content (AvgIpc) is 3.42. The lowest BCUT2D eigenvalue weighted by molar-refractivity contribution is -0.139. The van der Waals surface area contributed by atoms with Gasteiger partial charge in [-0.25, -0.2) is 0 Å². The summed E-state index contributed by atoms with van der Waals surface area (Å²) in [4.78, 5) is 54.6. The first-order valence-electron chi connectivity index (χ1n) is 12.6. The molecule has 6 rings (SSSR count). The maximum atomic E-state index is 13.0. The molecule has 4 atom stereocenters. The van der Waals surface area contributed by atoms with Crippen LogP contribution in [0.1, 0.15) is 19.8 Å². The third-order valence-corrected chi connectivity index (χ3v) is 7.70. The summed E-state index contributed by atoms with van der Waals surface area (Å²) in [5, 5.41) is 1.98. The van der Waals surface area contributed by atoms with Crippen molar-refractivity contribution in [2.75, 3.05) is 16.3 Å². The van der Waals surface area contributed by atoms with E-state index in [1.54, 1.807) is 29.2 Å². The van der Waals surface area contributed by atoms with Crippen molar-refractivity contribution in [3.05, 3.63) is 78.9 Å². The van der Waals surface area contributed by atoms with E-state index in [1.807, 2.05) is 61.5 Å². The molecule has 2 saturated heterocycles. The number of fused-ring (bicyclic) bond motifs is 2. The highest BCUT2D eigenvalue weighted by atomic mass is 16.5. The van der Waals surface area contributed by atoms with Crippen molar-refractivity contribution in [1.29, 1.82) is 0 Å². The Morgan fingerprint density at radius 1 is 0.919 bits per heavy atom. The van der Waals surface area contributed by atoms with Crippen molar-refractivity contribution < 1.29 is 23.9 Å². The van der Waals surface area contributed by atoms with Gasteiger partial charge < -0.3 is 9.64 Å². The Kier molecular flexibility index (Phi) is 5.63. The fourth-order valence-electron chi connectivity index (χ4n) is 5.81. The summed E-state index contributed by atoms with van der Waals surface area (Å²) in [6.45, 7) is 2.20. The molecular formula is C30H26N2O5. The van der Waals surface area contributed by atoms with Gasteiger partial charge in [-0.3, -0.25) is 24.1 Å².